The number of aryl methyl sites for hydroxylation is 1. The highest BCUT2D eigenvalue weighted by Crippen LogP contribution is 2.30. The number of anilines is 1. The maximum atomic E-state index is 13.4. The van der Waals surface area contributed by atoms with Crippen LogP contribution >= 0.6 is 11.6 Å². The average molecular weight is 496 g/mol. The van der Waals surface area contributed by atoms with E-state index in [0.29, 0.717) is 12.3 Å². The van der Waals surface area contributed by atoms with E-state index in [9.17, 15) is 18.0 Å². The van der Waals surface area contributed by atoms with Crippen LogP contribution in [0.3, 0.4) is 0 Å². The van der Waals surface area contributed by atoms with Gasteiger partial charge in [-0.3, -0.25) is 13.9 Å². The van der Waals surface area contributed by atoms with E-state index in [2.05, 4.69) is 5.32 Å². The van der Waals surface area contributed by atoms with Gasteiger partial charge in [-0.25, -0.2) is 8.42 Å². The molecule has 0 aliphatic carbocycles. The first-order valence-corrected chi connectivity index (χ1v) is 12.6. The molecule has 2 amide bonds. The van der Waals surface area contributed by atoms with E-state index in [0.717, 1.165) is 21.7 Å². The number of sulfonamides is 1. The highest BCUT2D eigenvalue weighted by molar-refractivity contribution is 7.92. The maximum Gasteiger partial charge on any atom is 0.244 e. The van der Waals surface area contributed by atoms with E-state index < -0.39 is 28.5 Å². The van der Waals surface area contributed by atoms with Crippen LogP contribution in [0, 0.1) is 6.92 Å². The number of ether oxygens (including phenoxy) is 1. The van der Waals surface area contributed by atoms with E-state index >= 15 is 0 Å². The Morgan fingerprint density at radius 2 is 1.85 bits per heavy atom. The number of likely N-dealkylation sites (N-methyl/N-ethyl adjacent to an activating group) is 1. The van der Waals surface area contributed by atoms with Crippen molar-refractivity contribution >= 4 is 39.1 Å². The van der Waals surface area contributed by atoms with E-state index in [4.69, 9.17) is 16.3 Å². The number of hydrogen-bond acceptors (Lipinski definition) is 5. The van der Waals surface area contributed by atoms with Gasteiger partial charge in [-0.1, -0.05) is 35.9 Å². The second kappa shape index (κ2) is 11.4. The van der Waals surface area contributed by atoms with Crippen LogP contribution in [0.4, 0.5) is 5.69 Å². The van der Waals surface area contributed by atoms with Gasteiger partial charge in [-0.15, -0.1) is 0 Å². The fourth-order valence-electron chi connectivity index (χ4n) is 3.30. The molecular formula is C23H30ClN3O5S. The van der Waals surface area contributed by atoms with E-state index in [1.54, 1.807) is 13.8 Å². The Labute approximate surface area is 200 Å². The van der Waals surface area contributed by atoms with Crippen LogP contribution in [-0.4, -0.2) is 57.6 Å². The number of methoxy groups -OCH3 is 1. The number of rotatable bonds is 10. The summed E-state index contributed by atoms with van der Waals surface area (Å²) in [5, 5.41) is 2.93. The van der Waals surface area contributed by atoms with Crippen molar-refractivity contribution < 1.29 is 22.7 Å². The largest absolute Gasteiger partial charge is 0.495 e. The minimum atomic E-state index is -3.83. The normalized spacial score (nSPS) is 12.1. The first kappa shape index (κ1) is 26.5. The molecule has 180 valence electrons. The fraction of sp³-hybridized carbons (Fsp3) is 0.391. The van der Waals surface area contributed by atoms with Crippen molar-refractivity contribution in [1.29, 1.82) is 0 Å². The van der Waals surface area contributed by atoms with Gasteiger partial charge >= 0.3 is 0 Å². The molecule has 0 aliphatic heterocycles. The van der Waals surface area contributed by atoms with Gasteiger partial charge in [0.15, 0.2) is 0 Å². The molecule has 0 fully saturated rings. The maximum absolute atomic E-state index is 13.4. The Balaban J connectivity index is 2.42. The summed E-state index contributed by atoms with van der Waals surface area (Å²) in [6, 6.07) is 11.2. The molecular weight excluding hydrogens is 466 g/mol. The zero-order valence-corrected chi connectivity index (χ0v) is 21.0. The predicted molar refractivity (Wildman–Crippen MR) is 130 cm³/mol. The van der Waals surface area contributed by atoms with Gasteiger partial charge in [-0.05, 0) is 50.1 Å². The molecule has 1 unspecified atom stereocenters. The molecule has 33 heavy (non-hydrogen) atoms. The lowest BCUT2D eigenvalue weighted by atomic mass is 10.1. The van der Waals surface area contributed by atoms with Crippen molar-refractivity contribution in [3.05, 3.63) is 58.6 Å². The Bertz CT molecular complexity index is 1110. The van der Waals surface area contributed by atoms with Crippen molar-refractivity contribution in [2.24, 2.45) is 0 Å². The monoisotopic (exact) mass is 495 g/mol. The topological polar surface area (TPSA) is 96.0 Å². The van der Waals surface area contributed by atoms with Crippen LogP contribution < -0.4 is 14.4 Å². The van der Waals surface area contributed by atoms with Gasteiger partial charge in [-0.2, -0.15) is 0 Å². The molecule has 0 heterocycles. The number of benzene rings is 2. The number of halogens is 1. The van der Waals surface area contributed by atoms with Gasteiger partial charge < -0.3 is 15.0 Å². The van der Waals surface area contributed by atoms with Crippen molar-refractivity contribution in [3.63, 3.8) is 0 Å². The molecule has 0 saturated heterocycles. The SMILES string of the molecule is CCNC(=O)C(C)N(Cc1ccccc1C)C(=O)CN(c1ccc(OC)c(Cl)c1)S(C)(=O)=O. The zero-order chi connectivity index (χ0) is 24.8. The van der Waals surface area contributed by atoms with E-state index in [1.165, 1.54) is 30.2 Å². The molecule has 2 rings (SSSR count). The van der Waals surface area contributed by atoms with Gasteiger partial charge in [0.25, 0.3) is 0 Å². The van der Waals surface area contributed by atoms with Gasteiger partial charge in [0.2, 0.25) is 21.8 Å². The number of carbonyl (C=O) groups is 2. The third-order valence-electron chi connectivity index (χ3n) is 5.22. The predicted octanol–water partition coefficient (Wildman–Crippen LogP) is 2.98. The van der Waals surface area contributed by atoms with Crippen LogP contribution in [-0.2, 0) is 26.2 Å². The van der Waals surface area contributed by atoms with Crippen LogP contribution in [0.25, 0.3) is 0 Å². The highest BCUT2D eigenvalue weighted by atomic mass is 35.5. The minimum absolute atomic E-state index is 0.158. The Hall–Kier alpha value is -2.78. The van der Waals surface area contributed by atoms with Gasteiger partial charge in [0, 0.05) is 13.1 Å². The number of nitrogens with one attached hydrogen (secondary N) is 1. The fourth-order valence-corrected chi connectivity index (χ4v) is 4.39. The molecule has 0 saturated carbocycles. The summed E-state index contributed by atoms with van der Waals surface area (Å²) in [5.74, 6) is -0.460. The van der Waals surface area contributed by atoms with E-state index in [1.807, 2.05) is 31.2 Å². The molecule has 0 aromatic heterocycles. The summed E-state index contributed by atoms with van der Waals surface area (Å²) in [7, 11) is -2.38. The average Bonchev–Trinajstić information content (AvgIpc) is 2.75. The third kappa shape index (κ3) is 6.85. The number of nitrogens with zero attached hydrogens (tertiary/aromatic N) is 2. The van der Waals surface area contributed by atoms with Crippen molar-refractivity contribution in [2.45, 2.75) is 33.4 Å². The molecule has 0 spiro atoms. The summed E-state index contributed by atoms with van der Waals surface area (Å²) in [6.45, 7) is 5.40. The molecule has 0 radical (unpaired) electrons. The van der Waals surface area contributed by atoms with Crippen LogP contribution in [0.15, 0.2) is 42.5 Å². The summed E-state index contributed by atoms with van der Waals surface area (Å²) in [6.07, 6.45) is 1.01. The first-order valence-electron chi connectivity index (χ1n) is 10.4. The molecule has 10 heteroatoms. The third-order valence-corrected chi connectivity index (χ3v) is 6.66. The summed E-state index contributed by atoms with van der Waals surface area (Å²) in [5.41, 5.74) is 2.04. The molecule has 0 bridgehead atoms. The Morgan fingerprint density at radius 3 is 2.39 bits per heavy atom. The van der Waals surface area contributed by atoms with E-state index in [-0.39, 0.29) is 23.2 Å². The number of hydrogen-bond donors (Lipinski definition) is 1. The summed E-state index contributed by atoms with van der Waals surface area (Å²) in [4.78, 5) is 27.4. The van der Waals surface area contributed by atoms with Crippen molar-refractivity contribution in [1.82, 2.24) is 10.2 Å². The van der Waals surface area contributed by atoms with Crippen molar-refractivity contribution in [2.75, 3.05) is 30.8 Å². The van der Waals surface area contributed by atoms with Crippen molar-refractivity contribution in [3.8, 4) is 5.75 Å². The quantitative estimate of drug-likeness (QED) is 0.546. The molecule has 2 aromatic carbocycles. The van der Waals surface area contributed by atoms with Gasteiger partial charge in [0.05, 0.1) is 24.1 Å². The smallest absolute Gasteiger partial charge is 0.244 e. The molecule has 0 aliphatic rings. The molecule has 1 N–H and O–H groups in total. The molecule has 2 aromatic rings. The van der Waals surface area contributed by atoms with Crippen LogP contribution in [0.5, 0.6) is 5.75 Å². The lowest BCUT2D eigenvalue weighted by molar-refractivity contribution is -0.139. The lowest BCUT2D eigenvalue weighted by Crippen LogP contribution is -2.51. The molecule has 8 nitrogen and oxygen atoms in total. The number of carbonyl (C=O) groups excluding carboxylic acids is 2. The van der Waals surface area contributed by atoms with Gasteiger partial charge in [0.1, 0.15) is 18.3 Å². The Kier molecular flexibility index (Phi) is 9.13. The summed E-state index contributed by atoms with van der Waals surface area (Å²) >= 11 is 6.18. The molecule has 1 atom stereocenters. The van der Waals surface area contributed by atoms with Crippen LogP contribution in [0.2, 0.25) is 5.02 Å². The second-order valence-corrected chi connectivity index (χ2v) is 9.92. The second-order valence-electron chi connectivity index (χ2n) is 7.61. The first-order chi connectivity index (χ1) is 15.5. The lowest BCUT2D eigenvalue weighted by Gasteiger charge is -2.31. The Morgan fingerprint density at radius 1 is 1.18 bits per heavy atom. The minimum Gasteiger partial charge on any atom is -0.495 e. The number of amides is 2. The summed E-state index contributed by atoms with van der Waals surface area (Å²) < 4.78 is 31.2. The van der Waals surface area contributed by atoms with Crippen LogP contribution in [0.1, 0.15) is 25.0 Å². The highest BCUT2D eigenvalue weighted by Gasteiger charge is 2.30. The zero-order valence-electron chi connectivity index (χ0n) is 19.5. The standard InChI is InChI=1S/C23H30ClN3O5S/c1-6-25-23(29)17(3)26(14-18-10-8-7-9-16(18)2)22(28)15-27(33(5,30)31)19-11-12-21(32-4)20(24)13-19/h7-13,17H,6,14-15H2,1-5H3,(H,25,29).